The summed E-state index contributed by atoms with van der Waals surface area (Å²) < 4.78 is 28.4. The fraction of sp³-hybridized carbons (Fsp3) is 0.100. The number of para-hydroxylation sites is 1. The number of carbonyl (C=O) groups excluding carboxylic acids is 1. The Morgan fingerprint density at radius 3 is 2.41 bits per heavy atom. The van der Waals surface area contributed by atoms with Crippen molar-refractivity contribution >= 4 is 5.78 Å². The number of hydrogen-bond donors (Lipinski definition) is 1. The molecule has 0 bridgehead atoms. The number of nitrogens with zero attached hydrogens (tertiary/aromatic N) is 2. The van der Waals surface area contributed by atoms with Crippen LogP contribution in [0.4, 0.5) is 8.78 Å². The van der Waals surface area contributed by atoms with Crippen molar-refractivity contribution in [3.05, 3.63) is 84.4 Å². The van der Waals surface area contributed by atoms with Crippen LogP contribution in [0.2, 0.25) is 0 Å². The first-order chi connectivity index (χ1) is 12.4. The third-order valence-electron chi connectivity index (χ3n) is 3.17. The van der Waals surface area contributed by atoms with Gasteiger partial charge in [-0.1, -0.05) is 29.8 Å². The van der Waals surface area contributed by atoms with E-state index in [1.807, 2.05) is 30.3 Å². The zero-order valence-corrected chi connectivity index (χ0v) is 17.0. The van der Waals surface area contributed by atoms with E-state index in [0.717, 1.165) is 17.8 Å². The van der Waals surface area contributed by atoms with Gasteiger partial charge < -0.3 is 9.67 Å². The molecule has 0 aliphatic rings. The van der Waals surface area contributed by atoms with Gasteiger partial charge in [-0.25, -0.2) is 0 Å². The van der Waals surface area contributed by atoms with Gasteiger partial charge in [-0.05, 0) is 26.0 Å². The Hall–Kier alpha value is -2.63. The second-order valence-electron chi connectivity index (χ2n) is 5.39. The minimum Gasteiger partial charge on any atom is -0.512 e. The van der Waals surface area contributed by atoms with Crippen molar-refractivity contribution in [3.8, 4) is 17.1 Å². The second kappa shape index (κ2) is 10.5. The predicted octanol–water partition coefficient (Wildman–Crippen LogP) is 4.65. The molecule has 0 fully saturated rings. The second-order valence-corrected chi connectivity index (χ2v) is 5.39. The summed E-state index contributed by atoms with van der Waals surface area (Å²) in [6.07, 6.45) is 4.46. The molecule has 0 spiro atoms. The molecule has 1 aromatic heterocycles. The average Bonchev–Trinajstić information content (AvgIpc) is 3.04. The number of aromatic nitrogens is 2. The summed E-state index contributed by atoms with van der Waals surface area (Å²) in [7, 11) is 0. The summed E-state index contributed by atoms with van der Waals surface area (Å²) in [5.74, 6) is -1.00. The number of ketones is 1. The first kappa shape index (κ1) is 22.4. The number of rotatable bonds is 3. The Balaban J connectivity index is 0.000000395. The van der Waals surface area contributed by atoms with E-state index < -0.39 is 11.6 Å². The largest absolute Gasteiger partial charge is 0.512 e. The van der Waals surface area contributed by atoms with Gasteiger partial charge in [0.05, 0.1) is 11.6 Å². The summed E-state index contributed by atoms with van der Waals surface area (Å²) in [4.78, 5) is 14.1. The van der Waals surface area contributed by atoms with Gasteiger partial charge in [-0.2, -0.15) is 0 Å². The summed E-state index contributed by atoms with van der Waals surface area (Å²) in [6, 6.07) is 13.9. The molecule has 1 N–H and O–H groups in total. The van der Waals surface area contributed by atoms with Crippen LogP contribution in [0.3, 0.4) is 0 Å². The van der Waals surface area contributed by atoms with E-state index in [4.69, 9.17) is 5.11 Å². The van der Waals surface area contributed by atoms with Gasteiger partial charge in [0.2, 0.25) is 0 Å². The van der Waals surface area contributed by atoms with Crippen LogP contribution in [0.25, 0.3) is 17.1 Å². The molecule has 2 aromatic carbocycles. The molecule has 1 heterocycles. The monoisotopic (exact) mass is 548 g/mol. The van der Waals surface area contributed by atoms with Crippen LogP contribution in [0.1, 0.15) is 13.8 Å². The third-order valence-corrected chi connectivity index (χ3v) is 3.17. The minimum atomic E-state index is -0.677. The quantitative estimate of drug-likeness (QED) is 0.295. The number of aliphatic hydroxyl groups is 1. The molecule has 0 amide bonds. The summed E-state index contributed by atoms with van der Waals surface area (Å²) >= 11 is 0. The molecule has 7 heteroatoms. The Labute approximate surface area is 169 Å². The predicted molar refractivity (Wildman–Crippen MR) is 94.8 cm³/mol. The Kier molecular flexibility index (Phi) is 8.72. The van der Waals surface area contributed by atoms with E-state index in [2.05, 4.69) is 11.1 Å². The molecular formula is C20H17F2IrN2O2-. The maximum Gasteiger partial charge on any atom is 0.155 e. The minimum absolute atomic E-state index is 0. The molecule has 0 saturated heterocycles. The van der Waals surface area contributed by atoms with E-state index in [9.17, 15) is 13.6 Å². The van der Waals surface area contributed by atoms with Crippen LogP contribution < -0.4 is 0 Å². The maximum absolute atomic E-state index is 13.8. The Bertz CT molecular complexity index is 921. The number of allylic oxidation sites excluding steroid dienone is 2. The van der Waals surface area contributed by atoms with Crippen LogP contribution in [-0.2, 0) is 24.9 Å². The third kappa shape index (κ3) is 6.55. The number of hydrogen-bond acceptors (Lipinski definition) is 3. The number of benzene rings is 2. The van der Waals surface area contributed by atoms with Gasteiger partial charge in [0.25, 0.3) is 0 Å². The maximum atomic E-state index is 13.8. The molecule has 4 nitrogen and oxygen atoms in total. The molecule has 143 valence electrons. The van der Waals surface area contributed by atoms with Crippen LogP contribution in [0, 0.1) is 17.7 Å². The molecule has 0 aliphatic carbocycles. The summed E-state index contributed by atoms with van der Waals surface area (Å²) in [6.45, 7) is 2.85. The van der Waals surface area contributed by atoms with Crippen molar-refractivity contribution in [2.45, 2.75) is 13.8 Å². The van der Waals surface area contributed by atoms with E-state index in [1.165, 1.54) is 19.9 Å². The number of carbonyl (C=O) groups is 1. The molecule has 1 radical (unpaired) electrons. The van der Waals surface area contributed by atoms with Crippen LogP contribution >= 0.6 is 0 Å². The zero-order chi connectivity index (χ0) is 19.1. The van der Waals surface area contributed by atoms with E-state index >= 15 is 0 Å². The number of halogens is 2. The van der Waals surface area contributed by atoms with E-state index in [-0.39, 0.29) is 37.2 Å². The Morgan fingerprint density at radius 1 is 1.22 bits per heavy atom. The summed E-state index contributed by atoms with van der Waals surface area (Å²) in [5, 5.41) is 8.36. The van der Waals surface area contributed by atoms with Gasteiger partial charge in [0, 0.05) is 55.9 Å². The van der Waals surface area contributed by atoms with Crippen molar-refractivity contribution < 1.29 is 38.8 Å². The molecular weight excluding hydrogens is 530 g/mol. The molecule has 0 saturated carbocycles. The molecule has 0 atom stereocenters. The fourth-order valence-electron chi connectivity index (χ4n) is 2.20. The normalized spacial score (nSPS) is 10.4. The fourth-order valence-corrected chi connectivity index (χ4v) is 2.20. The van der Waals surface area contributed by atoms with Crippen molar-refractivity contribution in [2.24, 2.45) is 0 Å². The zero-order valence-electron chi connectivity index (χ0n) is 14.6. The topological polar surface area (TPSA) is 55.1 Å². The first-order valence-electron chi connectivity index (χ1n) is 7.72. The molecule has 3 rings (SSSR count). The Morgan fingerprint density at radius 2 is 1.89 bits per heavy atom. The van der Waals surface area contributed by atoms with E-state index in [1.54, 1.807) is 17.0 Å². The average molecular weight is 548 g/mol. The van der Waals surface area contributed by atoms with Crippen LogP contribution in [-0.4, -0.2) is 20.4 Å². The van der Waals surface area contributed by atoms with Gasteiger partial charge in [-0.3, -0.25) is 18.6 Å². The number of imidazole rings is 1. The number of aliphatic hydroxyl groups excluding tert-OH is 1. The van der Waals surface area contributed by atoms with Crippen LogP contribution in [0.5, 0.6) is 0 Å². The smallest absolute Gasteiger partial charge is 0.155 e. The standard InChI is InChI=1S/C15H9F2N2.C5H8O2.Ir/c16-11-6-7-13(14(17)10-11)15-18-8-9-19(15)12-4-2-1-3-5-12;1-4(6)3-5(2)7;/h1-6,8-10H;3,6H,1-2H3;/q-1;;/b;4-3-;. The molecule has 0 aliphatic heterocycles. The molecule has 0 unspecified atom stereocenters. The molecule has 27 heavy (non-hydrogen) atoms. The van der Waals surface area contributed by atoms with Gasteiger partial charge in [-0.15, -0.1) is 12.1 Å². The summed E-state index contributed by atoms with van der Waals surface area (Å²) in [5.41, 5.74) is 1.00. The van der Waals surface area contributed by atoms with Crippen molar-refractivity contribution in [1.29, 1.82) is 0 Å². The van der Waals surface area contributed by atoms with Gasteiger partial charge >= 0.3 is 0 Å². The first-order valence-corrected chi connectivity index (χ1v) is 7.72. The van der Waals surface area contributed by atoms with Crippen molar-refractivity contribution in [2.75, 3.05) is 0 Å². The van der Waals surface area contributed by atoms with E-state index in [0.29, 0.717) is 5.82 Å². The van der Waals surface area contributed by atoms with Gasteiger partial charge in [0.1, 0.15) is 0 Å². The van der Waals surface area contributed by atoms with Crippen molar-refractivity contribution in [3.63, 3.8) is 0 Å². The van der Waals surface area contributed by atoms with Gasteiger partial charge in [0.15, 0.2) is 5.78 Å². The van der Waals surface area contributed by atoms with Crippen LogP contribution in [0.15, 0.2) is 66.7 Å². The van der Waals surface area contributed by atoms with Crippen molar-refractivity contribution in [1.82, 2.24) is 9.55 Å². The molecule has 3 aromatic rings. The SMILES string of the molecule is CC(=O)/C=C(/C)O.Fc1c[c-]c(-c2nccn2-c2ccccc2)c(F)c1.[Ir].